The minimum Gasteiger partial charge on any atom is -0.371 e. The second kappa shape index (κ2) is 5.50. The molecule has 0 aromatic carbocycles. The minimum absolute atomic E-state index is 0.0544. The molecule has 2 nitrogen and oxygen atoms in total. The molecule has 0 radical (unpaired) electrons. The summed E-state index contributed by atoms with van der Waals surface area (Å²) in [6, 6.07) is -0.0544. The van der Waals surface area contributed by atoms with Crippen molar-refractivity contribution in [1.82, 2.24) is 0 Å². The van der Waals surface area contributed by atoms with E-state index >= 15 is 0 Å². The zero-order valence-electron chi connectivity index (χ0n) is 7.72. The van der Waals surface area contributed by atoms with Gasteiger partial charge in [0.15, 0.2) is 0 Å². The highest BCUT2D eigenvalue weighted by atomic mass is 19.3. The van der Waals surface area contributed by atoms with Crippen LogP contribution in [0.5, 0.6) is 0 Å². The minimum atomic E-state index is -2.38. The van der Waals surface area contributed by atoms with Crippen molar-refractivity contribution in [2.75, 3.05) is 6.61 Å². The van der Waals surface area contributed by atoms with Crippen LogP contribution in [0.2, 0.25) is 0 Å². The van der Waals surface area contributed by atoms with E-state index in [1.807, 2.05) is 0 Å². The quantitative estimate of drug-likeness (QED) is 0.695. The highest BCUT2D eigenvalue weighted by molar-refractivity contribution is 4.76. The van der Waals surface area contributed by atoms with Crippen molar-refractivity contribution in [3.63, 3.8) is 0 Å². The molecule has 2 atom stereocenters. The van der Waals surface area contributed by atoms with E-state index in [-0.39, 0.29) is 12.1 Å². The first-order valence-corrected chi connectivity index (χ1v) is 4.85. The molecular formula is C9H17F2NO. The van der Waals surface area contributed by atoms with Gasteiger partial charge in [-0.2, -0.15) is 0 Å². The lowest BCUT2D eigenvalue weighted by atomic mass is 10.1. The van der Waals surface area contributed by atoms with Gasteiger partial charge in [0, 0.05) is 6.04 Å². The fourth-order valence-corrected chi connectivity index (χ4v) is 1.71. The van der Waals surface area contributed by atoms with Crippen molar-refractivity contribution in [3.8, 4) is 0 Å². The molecule has 1 aliphatic rings. The topological polar surface area (TPSA) is 35.2 Å². The Balaban J connectivity index is 2.27. The molecule has 13 heavy (non-hydrogen) atoms. The van der Waals surface area contributed by atoms with Gasteiger partial charge in [-0.05, 0) is 12.8 Å². The number of halogens is 2. The molecule has 1 aliphatic carbocycles. The van der Waals surface area contributed by atoms with Crippen LogP contribution in [0, 0.1) is 0 Å². The third-order valence-corrected chi connectivity index (χ3v) is 2.44. The third-order valence-electron chi connectivity index (χ3n) is 2.44. The van der Waals surface area contributed by atoms with E-state index in [0.717, 1.165) is 32.1 Å². The van der Waals surface area contributed by atoms with Gasteiger partial charge in [-0.25, -0.2) is 8.78 Å². The van der Waals surface area contributed by atoms with Crippen LogP contribution < -0.4 is 5.73 Å². The molecule has 0 spiro atoms. The van der Waals surface area contributed by atoms with Gasteiger partial charge in [0.1, 0.15) is 6.61 Å². The maximum absolute atomic E-state index is 11.9. The Bertz CT molecular complexity index is 144. The normalized spacial score (nSPS) is 30.5. The maximum Gasteiger partial charge on any atom is 0.261 e. The van der Waals surface area contributed by atoms with Crippen LogP contribution in [0.25, 0.3) is 0 Å². The Kier molecular flexibility index (Phi) is 4.59. The van der Waals surface area contributed by atoms with E-state index in [2.05, 4.69) is 0 Å². The Morgan fingerprint density at radius 1 is 1.23 bits per heavy atom. The first kappa shape index (κ1) is 10.9. The average molecular weight is 193 g/mol. The van der Waals surface area contributed by atoms with Crippen LogP contribution in [0.4, 0.5) is 8.78 Å². The van der Waals surface area contributed by atoms with Crippen LogP contribution >= 0.6 is 0 Å². The molecule has 0 bridgehead atoms. The number of alkyl halides is 2. The van der Waals surface area contributed by atoms with Gasteiger partial charge in [-0.15, -0.1) is 0 Å². The molecule has 78 valence electrons. The van der Waals surface area contributed by atoms with E-state index in [1.165, 1.54) is 0 Å². The Labute approximate surface area is 77.4 Å². The number of hydrogen-bond donors (Lipinski definition) is 1. The Morgan fingerprint density at radius 3 is 2.62 bits per heavy atom. The molecule has 0 aliphatic heterocycles. The molecule has 1 rings (SSSR count). The maximum atomic E-state index is 11.9. The standard InChI is InChI=1S/C9H17F2NO/c10-9(11)6-13-8-5-3-1-2-4-7(8)12/h7-9H,1-6,12H2. The summed E-state index contributed by atoms with van der Waals surface area (Å²) >= 11 is 0. The molecule has 2 N–H and O–H groups in total. The second-order valence-corrected chi connectivity index (χ2v) is 3.56. The predicted octanol–water partition coefficient (Wildman–Crippen LogP) is 1.93. The predicted molar refractivity (Wildman–Crippen MR) is 46.8 cm³/mol. The van der Waals surface area contributed by atoms with E-state index in [0.29, 0.717) is 0 Å². The van der Waals surface area contributed by atoms with E-state index in [1.54, 1.807) is 0 Å². The summed E-state index contributed by atoms with van der Waals surface area (Å²) in [7, 11) is 0. The lowest BCUT2D eigenvalue weighted by Gasteiger charge is -2.21. The highest BCUT2D eigenvalue weighted by Crippen LogP contribution is 2.19. The fraction of sp³-hybridized carbons (Fsp3) is 1.00. The zero-order chi connectivity index (χ0) is 9.68. The summed E-state index contributed by atoms with van der Waals surface area (Å²) in [5, 5.41) is 0. The van der Waals surface area contributed by atoms with Gasteiger partial charge in [0.2, 0.25) is 0 Å². The number of hydrogen-bond acceptors (Lipinski definition) is 2. The Hall–Kier alpha value is -0.220. The van der Waals surface area contributed by atoms with Gasteiger partial charge >= 0.3 is 0 Å². The van der Waals surface area contributed by atoms with Crippen molar-refractivity contribution in [1.29, 1.82) is 0 Å². The fourth-order valence-electron chi connectivity index (χ4n) is 1.71. The largest absolute Gasteiger partial charge is 0.371 e. The van der Waals surface area contributed by atoms with Gasteiger partial charge < -0.3 is 10.5 Å². The van der Waals surface area contributed by atoms with Crippen molar-refractivity contribution >= 4 is 0 Å². The van der Waals surface area contributed by atoms with Gasteiger partial charge in [0.05, 0.1) is 6.10 Å². The van der Waals surface area contributed by atoms with E-state index in [9.17, 15) is 8.78 Å². The summed E-state index contributed by atoms with van der Waals surface area (Å²) in [6.45, 7) is -0.474. The van der Waals surface area contributed by atoms with Crippen LogP contribution in [0.15, 0.2) is 0 Å². The second-order valence-electron chi connectivity index (χ2n) is 3.56. The summed E-state index contributed by atoms with van der Waals surface area (Å²) in [6.07, 6.45) is 2.47. The van der Waals surface area contributed by atoms with Crippen LogP contribution in [-0.4, -0.2) is 25.2 Å². The van der Waals surface area contributed by atoms with Crippen molar-refractivity contribution < 1.29 is 13.5 Å². The molecular weight excluding hydrogens is 176 g/mol. The number of rotatable bonds is 3. The first-order chi connectivity index (χ1) is 6.20. The molecule has 1 fully saturated rings. The average Bonchev–Trinajstić information content (AvgIpc) is 2.27. The highest BCUT2D eigenvalue weighted by Gasteiger charge is 2.21. The van der Waals surface area contributed by atoms with Gasteiger partial charge in [-0.3, -0.25) is 0 Å². The molecule has 1 saturated carbocycles. The lowest BCUT2D eigenvalue weighted by molar-refractivity contribution is -0.0353. The first-order valence-electron chi connectivity index (χ1n) is 4.85. The van der Waals surface area contributed by atoms with Crippen molar-refractivity contribution in [2.45, 2.75) is 50.7 Å². The summed E-state index contributed by atoms with van der Waals surface area (Å²) < 4.78 is 28.8. The van der Waals surface area contributed by atoms with Crippen molar-refractivity contribution in [2.24, 2.45) is 5.73 Å². The molecule has 0 amide bonds. The SMILES string of the molecule is NC1CCCCCC1OCC(F)F. The van der Waals surface area contributed by atoms with Crippen LogP contribution in [0.1, 0.15) is 32.1 Å². The monoisotopic (exact) mass is 193 g/mol. The molecule has 0 heterocycles. The van der Waals surface area contributed by atoms with Crippen LogP contribution in [0.3, 0.4) is 0 Å². The van der Waals surface area contributed by atoms with Gasteiger partial charge in [0.25, 0.3) is 6.43 Å². The smallest absolute Gasteiger partial charge is 0.261 e. The Morgan fingerprint density at radius 2 is 1.92 bits per heavy atom. The number of ether oxygens (including phenoxy) is 1. The molecule has 2 unspecified atom stereocenters. The molecule has 4 heteroatoms. The lowest BCUT2D eigenvalue weighted by Crippen LogP contribution is -2.36. The molecule has 0 aromatic rings. The molecule has 0 aromatic heterocycles. The number of nitrogens with two attached hydrogens (primary N) is 1. The summed E-state index contributed by atoms with van der Waals surface area (Å²) in [4.78, 5) is 0. The van der Waals surface area contributed by atoms with E-state index < -0.39 is 13.0 Å². The summed E-state index contributed by atoms with van der Waals surface area (Å²) in [5.41, 5.74) is 5.80. The van der Waals surface area contributed by atoms with Crippen molar-refractivity contribution in [3.05, 3.63) is 0 Å². The molecule has 0 saturated heterocycles. The third kappa shape index (κ3) is 4.00. The van der Waals surface area contributed by atoms with E-state index in [4.69, 9.17) is 10.5 Å². The van der Waals surface area contributed by atoms with Crippen LogP contribution in [-0.2, 0) is 4.74 Å². The summed E-state index contributed by atoms with van der Waals surface area (Å²) in [5.74, 6) is 0. The van der Waals surface area contributed by atoms with Gasteiger partial charge in [-0.1, -0.05) is 19.3 Å². The zero-order valence-corrected chi connectivity index (χ0v) is 7.72.